The van der Waals surface area contributed by atoms with Crippen molar-refractivity contribution in [3.63, 3.8) is 0 Å². The molecule has 19 heavy (non-hydrogen) atoms. The summed E-state index contributed by atoms with van der Waals surface area (Å²) < 4.78 is 5.49. The van der Waals surface area contributed by atoms with Crippen LogP contribution in [-0.4, -0.2) is 20.2 Å². The van der Waals surface area contributed by atoms with Crippen LogP contribution in [0.15, 0.2) is 18.2 Å². The highest BCUT2D eigenvalue weighted by Crippen LogP contribution is 2.32. The van der Waals surface area contributed by atoms with Gasteiger partial charge in [-0.15, -0.1) is 0 Å². The summed E-state index contributed by atoms with van der Waals surface area (Å²) >= 11 is 0. The van der Waals surface area contributed by atoms with Crippen LogP contribution in [0.25, 0.3) is 0 Å². The molecule has 1 heterocycles. The molecule has 106 valence electrons. The molecular formula is C17H27NO. The Balaban J connectivity index is 2.08. The van der Waals surface area contributed by atoms with E-state index in [4.69, 9.17) is 4.74 Å². The molecule has 0 aromatic heterocycles. The number of hydrogen-bond donors (Lipinski definition) is 1. The number of hydrogen-bond acceptors (Lipinski definition) is 2. The smallest absolute Gasteiger partial charge is 0.122 e. The minimum atomic E-state index is 0.135. The molecule has 0 amide bonds. The van der Waals surface area contributed by atoms with Crippen LogP contribution in [0.1, 0.15) is 44.7 Å². The van der Waals surface area contributed by atoms with Crippen molar-refractivity contribution in [3.8, 4) is 5.75 Å². The molecule has 1 N–H and O–H groups in total. The molecule has 1 aromatic carbocycles. The number of rotatable bonds is 4. The zero-order valence-electron chi connectivity index (χ0n) is 12.8. The third-order valence-corrected chi connectivity index (χ3v) is 4.08. The zero-order chi connectivity index (χ0) is 13.9. The van der Waals surface area contributed by atoms with Gasteiger partial charge >= 0.3 is 0 Å². The van der Waals surface area contributed by atoms with Crippen LogP contribution >= 0.6 is 0 Å². The van der Waals surface area contributed by atoms with Crippen LogP contribution in [0.3, 0.4) is 0 Å². The van der Waals surface area contributed by atoms with Gasteiger partial charge in [-0.1, -0.05) is 32.9 Å². The second-order valence-corrected chi connectivity index (χ2v) is 6.68. The Kier molecular flexibility index (Phi) is 4.51. The highest BCUT2D eigenvalue weighted by atomic mass is 16.5. The van der Waals surface area contributed by atoms with Crippen molar-refractivity contribution in [3.05, 3.63) is 29.3 Å². The third-order valence-electron chi connectivity index (χ3n) is 4.08. The molecule has 1 saturated heterocycles. The monoisotopic (exact) mass is 261 g/mol. The number of ether oxygens (including phenoxy) is 1. The van der Waals surface area contributed by atoms with E-state index in [2.05, 4.69) is 44.3 Å². The van der Waals surface area contributed by atoms with Crippen molar-refractivity contribution >= 4 is 0 Å². The molecule has 2 heteroatoms. The van der Waals surface area contributed by atoms with Crippen molar-refractivity contribution in [2.75, 3.05) is 20.2 Å². The number of benzene rings is 1. The van der Waals surface area contributed by atoms with Crippen LogP contribution in [0.2, 0.25) is 0 Å². The van der Waals surface area contributed by atoms with Gasteiger partial charge in [0, 0.05) is 0 Å². The Morgan fingerprint density at radius 2 is 2.11 bits per heavy atom. The summed E-state index contributed by atoms with van der Waals surface area (Å²) in [6, 6.07) is 6.68. The van der Waals surface area contributed by atoms with Crippen LogP contribution < -0.4 is 10.1 Å². The minimum absolute atomic E-state index is 0.135. The predicted molar refractivity (Wildman–Crippen MR) is 81.0 cm³/mol. The van der Waals surface area contributed by atoms with Gasteiger partial charge in [0.15, 0.2) is 0 Å². The fourth-order valence-corrected chi connectivity index (χ4v) is 2.83. The summed E-state index contributed by atoms with van der Waals surface area (Å²) in [5.74, 6) is 1.87. The maximum atomic E-state index is 5.49. The molecule has 2 rings (SSSR count). The number of methoxy groups -OCH3 is 1. The first-order chi connectivity index (χ1) is 9.00. The summed E-state index contributed by atoms with van der Waals surface area (Å²) in [7, 11) is 1.76. The molecule has 0 saturated carbocycles. The molecule has 1 fully saturated rings. The fraction of sp³-hybridized carbons (Fsp3) is 0.647. The van der Waals surface area contributed by atoms with Gasteiger partial charge in [0.05, 0.1) is 7.11 Å². The molecule has 0 spiro atoms. The van der Waals surface area contributed by atoms with Gasteiger partial charge in [0.2, 0.25) is 0 Å². The molecule has 0 radical (unpaired) electrons. The van der Waals surface area contributed by atoms with Gasteiger partial charge in [-0.2, -0.15) is 0 Å². The van der Waals surface area contributed by atoms with E-state index in [9.17, 15) is 0 Å². The van der Waals surface area contributed by atoms with E-state index < -0.39 is 0 Å². The minimum Gasteiger partial charge on any atom is -0.496 e. The van der Waals surface area contributed by atoms with Crippen LogP contribution in [0, 0.1) is 5.92 Å². The quantitative estimate of drug-likeness (QED) is 0.895. The first kappa shape index (κ1) is 14.4. The Bertz CT molecular complexity index is 414. The highest BCUT2D eigenvalue weighted by molar-refractivity contribution is 5.41. The SMILES string of the molecule is COc1ccc(CCC2CCNC2)cc1C(C)(C)C. The van der Waals surface area contributed by atoms with E-state index in [1.807, 2.05) is 0 Å². The average molecular weight is 261 g/mol. The largest absolute Gasteiger partial charge is 0.496 e. The summed E-state index contributed by atoms with van der Waals surface area (Å²) in [5, 5.41) is 3.44. The summed E-state index contributed by atoms with van der Waals surface area (Å²) in [6.07, 6.45) is 3.81. The predicted octanol–water partition coefficient (Wildman–Crippen LogP) is 3.53. The second kappa shape index (κ2) is 5.96. The van der Waals surface area contributed by atoms with Crippen LogP contribution in [-0.2, 0) is 11.8 Å². The maximum Gasteiger partial charge on any atom is 0.122 e. The number of nitrogens with one attached hydrogen (secondary N) is 1. The Labute approximate surface area is 117 Å². The van der Waals surface area contributed by atoms with Crippen molar-refractivity contribution in [2.24, 2.45) is 5.92 Å². The maximum absolute atomic E-state index is 5.49. The molecule has 0 aliphatic carbocycles. The lowest BCUT2D eigenvalue weighted by Gasteiger charge is -2.23. The molecule has 0 bridgehead atoms. The average Bonchev–Trinajstić information content (AvgIpc) is 2.88. The van der Waals surface area contributed by atoms with Crippen molar-refractivity contribution in [2.45, 2.75) is 45.4 Å². The van der Waals surface area contributed by atoms with Gasteiger partial charge in [-0.25, -0.2) is 0 Å². The zero-order valence-corrected chi connectivity index (χ0v) is 12.8. The van der Waals surface area contributed by atoms with E-state index in [-0.39, 0.29) is 5.41 Å². The molecule has 1 aromatic rings. The van der Waals surface area contributed by atoms with Crippen LogP contribution in [0.5, 0.6) is 5.75 Å². The molecule has 2 nitrogen and oxygen atoms in total. The molecule has 1 atom stereocenters. The van der Waals surface area contributed by atoms with E-state index >= 15 is 0 Å². The fourth-order valence-electron chi connectivity index (χ4n) is 2.83. The molecule has 1 unspecified atom stereocenters. The Hall–Kier alpha value is -1.02. The van der Waals surface area contributed by atoms with Crippen molar-refractivity contribution in [1.29, 1.82) is 0 Å². The van der Waals surface area contributed by atoms with Gasteiger partial charge in [-0.05, 0) is 60.9 Å². The van der Waals surface area contributed by atoms with Gasteiger partial charge < -0.3 is 10.1 Å². The lowest BCUT2D eigenvalue weighted by atomic mass is 9.84. The lowest BCUT2D eigenvalue weighted by molar-refractivity contribution is 0.397. The van der Waals surface area contributed by atoms with Gasteiger partial charge in [0.25, 0.3) is 0 Å². The first-order valence-electron chi connectivity index (χ1n) is 7.39. The summed E-state index contributed by atoms with van der Waals surface area (Å²) in [6.45, 7) is 9.13. The van der Waals surface area contributed by atoms with Crippen molar-refractivity contribution in [1.82, 2.24) is 5.32 Å². The van der Waals surface area contributed by atoms with Crippen molar-refractivity contribution < 1.29 is 4.74 Å². The van der Waals surface area contributed by atoms with E-state index in [0.29, 0.717) is 0 Å². The lowest BCUT2D eigenvalue weighted by Crippen LogP contribution is -2.13. The second-order valence-electron chi connectivity index (χ2n) is 6.68. The van der Waals surface area contributed by atoms with Gasteiger partial charge in [0.1, 0.15) is 5.75 Å². The van der Waals surface area contributed by atoms with Crippen LogP contribution in [0.4, 0.5) is 0 Å². The topological polar surface area (TPSA) is 21.3 Å². The third kappa shape index (κ3) is 3.73. The van der Waals surface area contributed by atoms with E-state index in [1.165, 1.54) is 43.5 Å². The standard InChI is InChI=1S/C17H27NO/c1-17(2,3)15-11-13(7-8-16(15)19-4)5-6-14-9-10-18-12-14/h7-8,11,14,18H,5-6,9-10,12H2,1-4H3. The Morgan fingerprint density at radius 1 is 1.32 bits per heavy atom. The van der Waals surface area contributed by atoms with E-state index in [0.717, 1.165) is 11.7 Å². The Morgan fingerprint density at radius 3 is 2.68 bits per heavy atom. The highest BCUT2D eigenvalue weighted by Gasteiger charge is 2.20. The van der Waals surface area contributed by atoms with Gasteiger partial charge in [-0.3, -0.25) is 0 Å². The molecule has 1 aliphatic heterocycles. The number of aryl methyl sites for hydroxylation is 1. The molecular weight excluding hydrogens is 234 g/mol. The summed E-state index contributed by atoms with van der Waals surface area (Å²) in [4.78, 5) is 0. The normalized spacial score (nSPS) is 19.7. The van der Waals surface area contributed by atoms with E-state index in [1.54, 1.807) is 7.11 Å². The molecule has 1 aliphatic rings. The first-order valence-corrected chi connectivity index (χ1v) is 7.39. The summed E-state index contributed by atoms with van der Waals surface area (Å²) in [5.41, 5.74) is 2.89.